The Balaban J connectivity index is 2.64. The number of benzene rings is 1. The maximum Gasteiger partial charge on any atom is 0.336 e. The lowest BCUT2D eigenvalue weighted by atomic mass is 10.1. The molecule has 0 bridgehead atoms. The fourth-order valence-electron chi connectivity index (χ4n) is 1.54. The number of halogens is 1. The van der Waals surface area contributed by atoms with Crippen LogP contribution in [-0.2, 0) is 0 Å². The van der Waals surface area contributed by atoms with E-state index >= 15 is 0 Å². The first-order chi connectivity index (χ1) is 8.11. The van der Waals surface area contributed by atoms with Gasteiger partial charge in [-0.15, -0.1) is 0 Å². The lowest BCUT2D eigenvalue weighted by Crippen LogP contribution is -1.99. The molecule has 0 amide bonds. The zero-order chi connectivity index (χ0) is 12.4. The molecule has 0 atom stereocenters. The topological polar surface area (TPSA) is 63.2 Å². The number of rotatable bonds is 2. The Morgan fingerprint density at radius 2 is 2.24 bits per heavy atom. The summed E-state index contributed by atoms with van der Waals surface area (Å²) in [4.78, 5) is 11.2. The molecule has 0 saturated heterocycles. The fraction of sp³-hybridized carbons (Fsp3) is 0.167. The average molecular weight is 250 g/mol. The number of nitrogens with zero attached hydrogens (tertiary/aromatic N) is 1. The largest absolute Gasteiger partial charge is 0.477 e. The van der Waals surface area contributed by atoms with Crippen LogP contribution < -0.4 is 10.4 Å². The molecule has 1 aromatic carbocycles. The molecule has 0 aliphatic heterocycles. The highest BCUT2D eigenvalue weighted by atomic mass is 35.5. The predicted octanol–water partition coefficient (Wildman–Crippen LogP) is 2.66. The highest BCUT2D eigenvalue weighted by molar-refractivity contribution is 6.32. The standard InChI is InChI=1S/C12H8ClNO3/c1-7-4-12(15)17-10-6-11(16-3-2-14)9(13)5-8(7)10/h4-6H,3H2,1H3. The number of hydrogen-bond donors (Lipinski definition) is 0. The SMILES string of the molecule is Cc1cc(=O)oc2cc(OCC#N)c(Cl)cc12. The first-order valence-corrected chi connectivity index (χ1v) is 5.23. The van der Waals surface area contributed by atoms with Crippen molar-refractivity contribution in [3.8, 4) is 11.8 Å². The van der Waals surface area contributed by atoms with Crippen molar-refractivity contribution in [3.05, 3.63) is 39.2 Å². The molecule has 4 nitrogen and oxygen atoms in total. The van der Waals surface area contributed by atoms with Crippen molar-refractivity contribution in [3.63, 3.8) is 0 Å². The maximum absolute atomic E-state index is 11.2. The monoisotopic (exact) mass is 249 g/mol. The number of hydrogen-bond acceptors (Lipinski definition) is 4. The van der Waals surface area contributed by atoms with Gasteiger partial charge in [0.05, 0.1) is 5.02 Å². The molecular formula is C12H8ClNO3. The van der Waals surface area contributed by atoms with Crippen LogP contribution in [0, 0.1) is 18.3 Å². The quantitative estimate of drug-likeness (QED) is 0.768. The van der Waals surface area contributed by atoms with E-state index in [1.54, 1.807) is 13.0 Å². The van der Waals surface area contributed by atoms with Crippen LogP contribution in [0.1, 0.15) is 5.56 Å². The van der Waals surface area contributed by atoms with Gasteiger partial charge in [0, 0.05) is 17.5 Å². The van der Waals surface area contributed by atoms with Crippen LogP contribution in [0.5, 0.6) is 5.75 Å². The molecule has 0 aliphatic rings. The summed E-state index contributed by atoms with van der Waals surface area (Å²) in [6.07, 6.45) is 0. The van der Waals surface area contributed by atoms with E-state index in [0.717, 1.165) is 10.9 Å². The van der Waals surface area contributed by atoms with Crippen LogP contribution in [-0.4, -0.2) is 6.61 Å². The van der Waals surface area contributed by atoms with Gasteiger partial charge in [-0.2, -0.15) is 5.26 Å². The van der Waals surface area contributed by atoms with Gasteiger partial charge in [-0.05, 0) is 18.6 Å². The van der Waals surface area contributed by atoms with Crippen molar-refractivity contribution in [2.45, 2.75) is 6.92 Å². The molecule has 1 aromatic heterocycles. The van der Waals surface area contributed by atoms with E-state index in [-0.39, 0.29) is 6.61 Å². The Kier molecular flexibility index (Phi) is 3.03. The normalized spacial score (nSPS) is 10.2. The zero-order valence-electron chi connectivity index (χ0n) is 8.99. The lowest BCUT2D eigenvalue weighted by molar-refractivity contribution is 0.368. The van der Waals surface area contributed by atoms with Crippen LogP contribution in [0.4, 0.5) is 0 Å². The third-order valence-corrected chi connectivity index (χ3v) is 2.59. The number of nitriles is 1. The summed E-state index contributed by atoms with van der Waals surface area (Å²) in [6.45, 7) is 1.69. The molecule has 1 heterocycles. The predicted molar refractivity (Wildman–Crippen MR) is 63.3 cm³/mol. The van der Waals surface area contributed by atoms with Gasteiger partial charge >= 0.3 is 5.63 Å². The molecule has 0 saturated carbocycles. The van der Waals surface area contributed by atoms with Crippen LogP contribution in [0.2, 0.25) is 5.02 Å². The average Bonchev–Trinajstić information content (AvgIpc) is 2.27. The minimum atomic E-state index is -0.427. The van der Waals surface area contributed by atoms with E-state index in [1.807, 2.05) is 6.07 Å². The van der Waals surface area contributed by atoms with Crippen LogP contribution in [0.15, 0.2) is 27.4 Å². The fourth-order valence-corrected chi connectivity index (χ4v) is 1.76. The molecule has 2 rings (SSSR count). The summed E-state index contributed by atoms with van der Waals surface area (Å²) in [5.41, 5.74) is 0.751. The summed E-state index contributed by atoms with van der Waals surface area (Å²) in [5.74, 6) is 0.328. The second kappa shape index (κ2) is 4.48. The van der Waals surface area contributed by atoms with Gasteiger partial charge in [-0.1, -0.05) is 11.6 Å². The summed E-state index contributed by atoms with van der Waals surface area (Å²) in [5, 5.41) is 9.56. The molecule has 17 heavy (non-hydrogen) atoms. The van der Waals surface area contributed by atoms with Crippen molar-refractivity contribution in [2.75, 3.05) is 6.61 Å². The van der Waals surface area contributed by atoms with Gasteiger partial charge in [-0.3, -0.25) is 0 Å². The highest BCUT2D eigenvalue weighted by Gasteiger charge is 2.08. The van der Waals surface area contributed by atoms with E-state index < -0.39 is 5.63 Å². The summed E-state index contributed by atoms with van der Waals surface area (Å²) in [6, 6.07) is 6.41. The first-order valence-electron chi connectivity index (χ1n) is 4.85. The van der Waals surface area contributed by atoms with Crippen LogP contribution >= 0.6 is 11.6 Å². The maximum atomic E-state index is 11.2. The third-order valence-electron chi connectivity index (χ3n) is 2.30. The van der Waals surface area contributed by atoms with Crippen molar-refractivity contribution in [1.29, 1.82) is 5.26 Å². The highest BCUT2D eigenvalue weighted by Crippen LogP contribution is 2.30. The van der Waals surface area contributed by atoms with E-state index in [1.165, 1.54) is 12.1 Å². The Hall–Kier alpha value is -1.99. The lowest BCUT2D eigenvalue weighted by Gasteiger charge is -2.06. The molecule has 0 unspecified atom stereocenters. The molecule has 0 N–H and O–H groups in total. The second-order valence-electron chi connectivity index (χ2n) is 3.47. The van der Waals surface area contributed by atoms with Gasteiger partial charge in [0.2, 0.25) is 0 Å². The molecule has 0 aliphatic carbocycles. The van der Waals surface area contributed by atoms with Gasteiger partial charge in [-0.25, -0.2) is 4.79 Å². The second-order valence-corrected chi connectivity index (χ2v) is 3.88. The van der Waals surface area contributed by atoms with Crippen molar-refractivity contribution in [1.82, 2.24) is 0 Å². The van der Waals surface area contributed by atoms with Gasteiger partial charge in [0.15, 0.2) is 6.61 Å². The smallest absolute Gasteiger partial charge is 0.336 e. The first kappa shape index (κ1) is 11.5. The zero-order valence-corrected chi connectivity index (χ0v) is 9.75. The van der Waals surface area contributed by atoms with Crippen LogP contribution in [0.3, 0.4) is 0 Å². The van der Waals surface area contributed by atoms with E-state index in [2.05, 4.69) is 0 Å². The molecule has 86 valence electrons. The molecular weight excluding hydrogens is 242 g/mol. The van der Waals surface area contributed by atoms with Gasteiger partial charge in [0.1, 0.15) is 17.4 Å². The number of ether oxygens (including phenoxy) is 1. The summed E-state index contributed by atoms with van der Waals surface area (Å²) < 4.78 is 10.2. The number of fused-ring (bicyclic) bond motifs is 1. The van der Waals surface area contributed by atoms with Gasteiger partial charge in [0.25, 0.3) is 0 Å². The Labute approximate surface area is 102 Å². The Morgan fingerprint density at radius 1 is 1.47 bits per heavy atom. The minimum Gasteiger partial charge on any atom is -0.477 e. The molecule has 5 heteroatoms. The van der Waals surface area contributed by atoms with E-state index in [4.69, 9.17) is 26.0 Å². The molecule has 2 aromatic rings. The van der Waals surface area contributed by atoms with Crippen molar-refractivity contribution >= 4 is 22.6 Å². The minimum absolute atomic E-state index is 0.110. The molecule has 0 spiro atoms. The molecule has 0 radical (unpaired) electrons. The van der Waals surface area contributed by atoms with Crippen LogP contribution in [0.25, 0.3) is 11.0 Å². The molecule has 0 fully saturated rings. The van der Waals surface area contributed by atoms with Crippen molar-refractivity contribution < 1.29 is 9.15 Å². The summed E-state index contributed by atoms with van der Waals surface area (Å²) >= 11 is 6.00. The summed E-state index contributed by atoms with van der Waals surface area (Å²) in [7, 11) is 0. The Bertz CT molecular complexity index is 670. The third kappa shape index (κ3) is 2.24. The Morgan fingerprint density at radius 3 is 2.94 bits per heavy atom. The van der Waals surface area contributed by atoms with Gasteiger partial charge < -0.3 is 9.15 Å². The van der Waals surface area contributed by atoms with E-state index in [9.17, 15) is 4.79 Å². The van der Waals surface area contributed by atoms with Crippen molar-refractivity contribution in [2.24, 2.45) is 0 Å². The van der Waals surface area contributed by atoms with E-state index in [0.29, 0.717) is 16.4 Å². The number of aryl methyl sites for hydroxylation is 1.